The number of non-ortho nitro benzene ring substituents is 1. The molecule has 0 heterocycles. The fraction of sp³-hybridized carbons (Fsp3) is 0. The van der Waals surface area contributed by atoms with E-state index in [4.69, 9.17) is 27.9 Å². The molecule has 1 N–H and O–H groups in total. The van der Waals surface area contributed by atoms with Crippen LogP contribution in [0.25, 0.3) is 0 Å². The Morgan fingerprint density at radius 3 is 2.44 bits per heavy atom. The zero-order valence-corrected chi connectivity index (χ0v) is 19.0. The first kappa shape index (κ1) is 23.4. The zero-order chi connectivity index (χ0) is 23.3. The lowest BCUT2D eigenvalue weighted by Crippen LogP contribution is -2.18. The second kappa shape index (κ2) is 10.4. The van der Waals surface area contributed by atoms with Gasteiger partial charge in [0, 0.05) is 27.2 Å². The number of ether oxygens (including phenoxy) is 1. The largest absolute Gasteiger partial charge is 0.422 e. The number of benzene rings is 3. The van der Waals surface area contributed by atoms with Crippen LogP contribution in [0, 0.1) is 10.1 Å². The van der Waals surface area contributed by atoms with Crippen molar-refractivity contribution in [2.24, 2.45) is 5.10 Å². The number of hydrogen-bond acceptors (Lipinski definition) is 6. The fourth-order valence-electron chi connectivity index (χ4n) is 2.48. The molecule has 0 spiro atoms. The lowest BCUT2D eigenvalue weighted by atomic mass is 10.2. The van der Waals surface area contributed by atoms with Crippen LogP contribution >= 0.6 is 39.1 Å². The Balaban J connectivity index is 1.82. The van der Waals surface area contributed by atoms with Crippen molar-refractivity contribution in [2.75, 3.05) is 0 Å². The summed E-state index contributed by atoms with van der Waals surface area (Å²) in [6.07, 6.45) is 1.12. The first-order chi connectivity index (χ1) is 15.2. The van der Waals surface area contributed by atoms with E-state index < -0.39 is 16.8 Å². The van der Waals surface area contributed by atoms with E-state index in [2.05, 4.69) is 26.5 Å². The number of hydrazone groups is 1. The third-order valence-electron chi connectivity index (χ3n) is 4.03. The molecule has 3 rings (SSSR count). The summed E-state index contributed by atoms with van der Waals surface area (Å²) in [5.74, 6) is -1.27. The molecule has 0 aliphatic heterocycles. The highest BCUT2D eigenvalue weighted by atomic mass is 79.9. The molecule has 0 saturated carbocycles. The Hall–Kier alpha value is -3.27. The first-order valence-electron chi connectivity index (χ1n) is 8.79. The van der Waals surface area contributed by atoms with Crippen LogP contribution in [0.1, 0.15) is 26.3 Å². The normalized spacial score (nSPS) is 10.7. The average Bonchev–Trinajstić information content (AvgIpc) is 2.75. The SMILES string of the molecule is O=C(Oc1ccc([N+](=O)[O-])cc1/C=N/NC(=O)c1ccc(Cl)cc1Cl)c1ccc(Br)cc1. The van der Waals surface area contributed by atoms with Gasteiger partial charge < -0.3 is 4.74 Å². The van der Waals surface area contributed by atoms with Gasteiger partial charge in [-0.15, -0.1) is 0 Å². The lowest BCUT2D eigenvalue weighted by molar-refractivity contribution is -0.384. The van der Waals surface area contributed by atoms with E-state index in [1.54, 1.807) is 24.3 Å². The number of nitro benzene ring substituents is 1. The molecule has 0 unspecified atom stereocenters. The molecule has 32 heavy (non-hydrogen) atoms. The Morgan fingerprint density at radius 1 is 1.06 bits per heavy atom. The predicted molar refractivity (Wildman–Crippen MR) is 124 cm³/mol. The lowest BCUT2D eigenvalue weighted by Gasteiger charge is -2.08. The van der Waals surface area contributed by atoms with Crippen molar-refractivity contribution in [2.45, 2.75) is 0 Å². The summed E-state index contributed by atoms with van der Waals surface area (Å²) in [5, 5.41) is 15.4. The van der Waals surface area contributed by atoms with Gasteiger partial charge in [-0.05, 0) is 48.5 Å². The molecule has 0 aromatic heterocycles. The Kier molecular flexibility index (Phi) is 7.57. The van der Waals surface area contributed by atoms with Gasteiger partial charge in [0.15, 0.2) is 0 Å². The van der Waals surface area contributed by atoms with E-state index >= 15 is 0 Å². The van der Waals surface area contributed by atoms with E-state index in [1.807, 2.05) is 0 Å². The third kappa shape index (κ3) is 5.91. The highest BCUT2D eigenvalue weighted by molar-refractivity contribution is 9.10. The number of amides is 1. The highest BCUT2D eigenvalue weighted by Crippen LogP contribution is 2.24. The van der Waals surface area contributed by atoms with Gasteiger partial charge in [0.05, 0.1) is 27.3 Å². The van der Waals surface area contributed by atoms with Gasteiger partial charge in [-0.3, -0.25) is 14.9 Å². The van der Waals surface area contributed by atoms with Crippen LogP contribution in [-0.4, -0.2) is 23.0 Å². The van der Waals surface area contributed by atoms with Crippen molar-refractivity contribution in [1.29, 1.82) is 0 Å². The van der Waals surface area contributed by atoms with Crippen LogP contribution in [-0.2, 0) is 0 Å². The Labute approximate surface area is 200 Å². The Bertz CT molecular complexity index is 1230. The number of carbonyl (C=O) groups excluding carboxylic acids is 2. The van der Waals surface area contributed by atoms with Crippen molar-refractivity contribution < 1.29 is 19.2 Å². The predicted octanol–water partition coefficient (Wildman–Crippen LogP) is 5.65. The zero-order valence-electron chi connectivity index (χ0n) is 15.9. The molecule has 8 nitrogen and oxygen atoms in total. The topological polar surface area (TPSA) is 111 Å². The van der Waals surface area contributed by atoms with Gasteiger partial charge in [0.25, 0.3) is 11.6 Å². The van der Waals surface area contributed by atoms with E-state index in [-0.39, 0.29) is 33.1 Å². The van der Waals surface area contributed by atoms with Crippen molar-refractivity contribution in [1.82, 2.24) is 5.43 Å². The minimum Gasteiger partial charge on any atom is -0.422 e. The number of nitrogens with zero attached hydrogens (tertiary/aromatic N) is 2. The van der Waals surface area contributed by atoms with E-state index in [1.165, 1.54) is 30.3 Å². The molecule has 0 radical (unpaired) electrons. The van der Waals surface area contributed by atoms with Crippen molar-refractivity contribution in [3.8, 4) is 5.75 Å². The number of nitro groups is 1. The minimum absolute atomic E-state index is 0.0195. The number of rotatable bonds is 6. The van der Waals surface area contributed by atoms with E-state index in [0.29, 0.717) is 5.02 Å². The number of esters is 1. The smallest absolute Gasteiger partial charge is 0.343 e. The average molecular weight is 537 g/mol. The van der Waals surface area contributed by atoms with Crippen LogP contribution in [0.3, 0.4) is 0 Å². The summed E-state index contributed by atoms with van der Waals surface area (Å²) in [4.78, 5) is 35.2. The quantitative estimate of drug-likeness (QED) is 0.144. The molecular weight excluding hydrogens is 525 g/mol. The van der Waals surface area contributed by atoms with Crippen LogP contribution < -0.4 is 10.2 Å². The summed E-state index contributed by atoms with van der Waals surface area (Å²) in [6, 6.07) is 14.4. The standard InChI is InChI=1S/C21H12BrCl2N3O5/c22-14-3-1-12(2-4-14)21(29)32-19-8-6-16(27(30)31)9-13(19)11-25-26-20(28)17-7-5-15(23)10-18(17)24/h1-11H,(H,26,28)/b25-11+. The van der Waals surface area contributed by atoms with Crippen molar-refractivity contribution >= 4 is 62.9 Å². The van der Waals surface area contributed by atoms with E-state index in [0.717, 1.165) is 16.8 Å². The maximum atomic E-state index is 12.4. The maximum absolute atomic E-state index is 12.4. The molecule has 0 atom stereocenters. The molecule has 0 aliphatic carbocycles. The fourth-order valence-corrected chi connectivity index (χ4v) is 3.24. The summed E-state index contributed by atoms with van der Waals surface area (Å²) < 4.78 is 6.15. The van der Waals surface area contributed by atoms with Crippen LogP contribution in [0.5, 0.6) is 5.75 Å². The molecule has 3 aromatic carbocycles. The van der Waals surface area contributed by atoms with E-state index in [9.17, 15) is 19.7 Å². The van der Waals surface area contributed by atoms with Crippen molar-refractivity contribution in [3.63, 3.8) is 0 Å². The maximum Gasteiger partial charge on any atom is 0.343 e. The second-order valence-electron chi connectivity index (χ2n) is 6.20. The van der Waals surface area contributed by atoms with Crippen LogP contribution in [0.15, 0.2) is 70.2 Å². The first-order valence-corrected chi connectivity index (χ1v) is 10.3. The Morgan fingerprint density at radius 2 is 1.78 bits per heavy atom. The molecule has 0 saturated heterocycles. The number of hydrogen-bond donors (Lipinski definition) is 1. The second-order valence-corrected chi connectivity index (χ2v) is 7.96. The number of carbonyl (C=O) groups is 2. The van der Waals surface area contributed by atoms with Crippen LogP contribution in [0.2, 0.25) is 10.0 Å². The third-order valence-corrected chi connectivity index (χ3v) is 5.11. The van der Waals surface area contributed by atoms with Gasteiger partial charge >= 0.3 is 5.97 Å². The van der Waals surface area contributed by atoms with Gasteiger partial charge in [-0.25, -0.2) is 10.2 Å². The number of halogens is 3. The molecule has 0 aliphatic rings. The molecule has 0 bridgehead atoms. The molecule has 3 aromatic rings. The molecular formula is C21H12BrCl2N3O5. The van der Waals surface area contributed by atoms with Crippen LogP contribution in [0.4, 0.5) is 5.69 Å². The van der Waals surface area contributed by atoms with Gasteiger partial charge in [-0.1, -0.05) is 39.1 Å². The molecule has 0 fully saturated rings. The van der Waals surface area contributed by atoms with Gasteiger partial charge in [-0.2, -0.15) is 5.10 Å². The van der Waals surface area contributed by atoms with Gasteiger partial charge in [0.2, 0.25) is 0 Å². The highest BCUT2D eigenvalue weighted by Gasteiger charge is 2.15. The summed E-state index contributed by atoms with van der Waals surface area (Å²) >= 11 is 15.1. The van der Waals surface area contributed by atoms with Gasteiger partial charge in [0.1, 0.15) is 5.75 Å². The monoisotopic (exact) mass is 535 g/mol. The summed E-state index contributed by atoms with van der Waals surface area (Å²) in [7, 11) is 0. The molecule has 11 heteroatoms. The minimum atomic E-state index is -0.669. The van der Waals surface area contributed by atoms with Crippen molar-refractivity contribution in [3.05, 3.63) is 102 Å². The molecule has 1 amide bonds. The summed E-state index contributed by atoms with van der Waals surface area (Å²) in [6.45, 7) is 0. The number of nitrogens with one attached hydrogen (secondary N) is 1. The summed E-state index contributed by atoms with van der Waals surface area (Å²) in [5.41, 5.74) is 2.53. The molecule has 162 valence electrons.